The van der Waals surface area contributed by atoms with Crippen LogP contribution < -0.4 is 5.73 Å². The fourth-order valence-corrected chi connectivity index (χ4v) is 2.82. The molecule has 2 N–H and O–H groups in total. The molecule has 2 nitrogen and oxygen atoms in total. The number of alkyl halides is 3. The number of halogens is 3. The Balaban J connectivity index is 2.42. The van der Waals surface area contributed by atoms with Crippen LogP contribution in [-0.2, 0) is 0 Å². The molecular weight excluding hydrogens is 241 g/mol. The molecule has 0 amide bonds. The third kappa shape index (κ3) is 4.76. The van der Waals surface area contributed by atoms with Gasteiger partial charge in [0.25, 0.3) is 0 Å². The van der Waals surface area contributed by atoms with Crippen molar-refractivity contribution in [3.05, 3.63) is 0 Å². The molecule has 18 heavy (non-hydrogen) atoms. The molecule has 1 fully saturated rings. The molecule has 1 aliphatic carbocycles. The lowest BCUT2D eigenvalue weighted by Gasteiger charge is -2.43. The van der Waals surface area contributed by atoms with Crippen molar-refractivity contribution in [3.8, 4) is 0 Å². The van der Waals surface area contributed by atoms with Gasteiger partial charge >= 0.3 is 6.18 Å². The predicted octanol–water partition coefficient (Wildman–Crippen LogP) is 3.02. The molecule has 1 saturated carbocycles. The Kier molecular flexibility index (Phi) is 5.06. The molecule has 108 valence electrons. The molecular formula is C13H25F3N2. The molecule has 1 rings (SSSR count). The van der Waals surface area contributed by atoms with Crippen LogP contribution in [0.5, 0.6) is 0 Å². The van der Waals surface area contributed by atoms with E-state index in [1.807, 2.05) is 0 Å². The van der Waals surface area contributed by atoms with Crippen LogP contribution in [0.1, 0.15) is 39.5 Å². The minimum absolute atomic E-state index is 0.0626. The standard InChI is InChI=1S/C13H25F3N2/c1-12(2)6-4-5-10(11(12)17)9-18(3)8-7-13(14,15)16/h10-11H,4-9,17H2,1-3H3. The van der Waals surface area contributed by atoms with Gasteiger partial charge in [-0.05, 0) is 31.2 Å². The van der Waals surface area contributed by atoms with Crippen LogP contribution in [0.4, 0.5) is 13.2 Å². The van der Waals surface area contributed by atoms with E-state index < -0.39 is 12.6 Å². The zero-order chi connectivity index (χ0) is 14.0. The Labute approximate surface area is 108 Å². The normalized spacial score (nSPS) is 28.7. The summed E-state index contributed by atoms with van der Waals surface area (Å²) in [5.74, 6) is 0.312. The summed E-state index contributed by atoms with van der Waals surface area (Å²) in [6, 6.07) is 0.0830. The summed E-state index contributed by atoms with van der Waals surface area (Å²) in [7, 11) is 1.75. The van der Waals surface area contributed by atoms with E-state index in [-0.39, 0.29) is 18.0 Å². The van der Waals surface area contributed by atoms with Crippen LogP contribution in [0.3, 0.4) is 0 Å². The average Bonchev–Trinajstić information content (AvgIpc) is 2.21. The van der Waals surface area contributed by atoms with Crippen molar-refractivity contribution >= 4 is 0 Å². The molecule has 0 radical (unpaired) electrons. The Morgan fingerprint density at radius 3 is 2.50 bits per heavy atom. The fourth-order valence-electron chi connectivity index (χ4n) is 2.82. The number of hydrogen-bond acceptors (Lipinski definition) is 2. The van der Waals surface area contributed by atoms with Crippen molar-refractivity contribution in [2.24, 2.45) is 17.1 Å². The van der Waals surface area contributed by atoms with E-state index in [0.29, 0.717) is 12.5 Å². The van der Waals surface area contributed by atoms with Crippen molar-refractivity contribution < 1.29 is 13.2 Å². The van der Waals surface area contributed by atoms with Gasteiger partial charge in [0, 0.05) is 19.1 Å². The molecule has 0 aromatic heterocycles. The molecule has 2 unspecified atom stereocenters. The Morgan fingerprint density at radius 2 is 1.94 bits per heavy atom. The van der Waals surface area contributed by atoms with Gasteiger partial charge in [0.2, 0.25) is 0 Å². The molecule has 0 heterocycles. The van der Waals surface area contributed by atoms with Crippen molar-refractivity contribution in [3.63, 3.8) is 0 Å². The average molecular weight is 266 g/mol. The minimum Gasteiger partial charge on any atom is -0.327 e. The van der Waals surface area contributed by atoms with Crippen LogP contribution in [0, 0.1) is 11.3 Å². The minimum atomic E-state index is -4.07. The van der Waals surface area contributed by atoms with E-state index in [2.05, 4.69) is 13.8 Å². The van der Waals surface area contributed by atoms with Crippen LogP contribution >= 0.6 is 0 Å². The summed E-state index contributed by atoms with van der Waals surface area (Å²) >= 11 is 0. The van der Waals surface area contributed by atoms with Gasteiger partial charge in [0.15, 0.2) is 0 Å². The third-order valence-corrected chi connectivity index (χ3v) is 4.13. The van der Waals surface area contributed by atoms with Gasteiger partial charge in [-0.25, -0.2) is 0 Å². The maximum Gasteiger partial charge on any atom is 0.390 e. The highest BCUT2D eigenvalue weighted by Crippen LogP contribution is 2.38. The molecule has 1 aliphatic rings. The van der Waals surface area contributed by atoms with Gasteiger partial charge < -0.3 is 10.6 Å². The van der Waals surface area contributed by atoms with E-state index in [0.717, 1.165) is 19.3 Å². The molecule has 0 saturated heterocycles. The second kappa shape index (κ2) is 5.78. The van der Waals surface area contributed by atoms with Gasteiger partial charge in [-0.1, -0.05) is 20.3 Å². The van der Waals surface area contributed by atoms with Crippen LogP contribution in [0.25, 0.3) is 0 Å². The number of nitrogens with two attached hydrogens (primary N) is 1. The number of hydrogen-bond donors (Lipinski definition) is 1. The summed E-state index contributed by atoms with van der Waals surface area (Å²) in [5.41, 5.74) is 6.34. The molecule has 2 atom stereocenters. The first-order chi connectivity index (χ1) is 8.12. The summed E-state index contributed by atoms with van der Waals surface area (Å²) in [4.78, 5) is 1.76. The van der Waals surface area contributed by atoms with Crippen molar-refractivity contribution in [1.29, 1.82) is 0 Å². The quantitative estimate of drug-likeness (QED) is 0.847. The first kappa shape index (κ1) is 15.8. The summed E-state index contributed by atoms with van der Waals surface area (Å²) in [6.45, 7) is 5.03. The highest BCUT2D eigenvalue weighted by Gasteiger charge is 2.37. The van der Waals surface area contributed by atoms with Gasteiger partial charge in [-0.3, -0.25) is 0 Å². The van der Waals surface area contributed by atoms with E-state index in [1.165, 1.54) is 0 Å². The highest BCUT2D eigenvalue weighted by molar-refractivity contribution is 4.92. The largest absolute Gasteiger partial charge is 0.390 e. The molecule has 0 aromatic rings. The molecule has 5 heteroatoms. The van der Waals surface area contributed by atoms with Crippen molar-refractivity contribution in [2.75, 3.05) is 20.1 Å². The van der Waals surface area contributed by atoms with E-state index >= 15 is 0 Å². The van der Waals surface area contributed by atoms with Crippen molar-refractivity contribution in [1.82, 2.24) is 4.90 Å². The van der Waals surface area contributed by atoms with Gasteiger partial charge in [-0.2, -0.15) is 13.2 Å². The second-order valence-electron chi connectivity index (χ2n) is 6.29. The Bertz CT molecular complexity index is 263. The lowest BCUT2D eigenvalue weighted by atomic mass is 9.68. The van der Waals surface area contributed by atoms with Crippen LogP contribution in [-0.4, -0.2) is 37.3 Å². The smallest absolute Gasteiger partial charge is 0.327 e. The summed E-state index contributed by atoms with van der Waals surface area (Å²) in [6.07, 6.45) is -1.55. The van der Waals surface area contributed by atoms with E-state index in [1.54, 1.807) is 11.9 Å². The lowest BCUT2D eigenvalue weighted by molar-refractivity contribution is -0.137. The highest BCUT2D eigenvalue weighted by atomic mass is 19.4. The first-order valence-electron chi connectivity index (χ1n) is 6.63. The van der Waals surface area contributed by atoms with E-state index in [4.69, 9.17) is 5.73 Å². The summed E-state index contributed by atoms with van der Waals surface area (Å²) < 4.78 is 36.4. The monoisotopic (exact) mass is 266 g/mol. The van der Waals surface area contributed by atoms with Gasteiger partial charge in [-0.15, -0.1) is 0 Å². The number of rotatable bonds is 4. The van der Waals surface area contributed by atoms with Gasteiger partial charge in [0.1, 0.15) is 0 Å². The fraction of sp³-hybridized carbons (Fsp3) is 1.00. The van der Waals surface area contributed by atoms with E-state index in [9.17, 15) is 13.2 Å². The SMILES string of the molecule is CN(CCC(F)(F)F)CC1CCCC(C)(C)C1N. The molecule has 0 spiro atoms. The first-order valence-corrected chi connectivity index (χ1v) is 6.63. The maximum atomic E-state index is 12.1. The number of nitrogens with zero attached hydrogens (tertiary/aromatic N) is 1. The van der Waals surface area contributed by atoms with Crippen molar-refractivity contribution in [2.45, 2.75) is 51.7 Å². The molecule has 0 bridgehead atoms. The van der Waals surface area contributed by atoms with Crippen LogP contribution in [0.2, 0.25) is 0 Å². The zero-order valence-corrected chi connectivity index (χ0v) is 11.6. The molecule has 0 aromatic carbocycles. The summed E-state index contributed by atoms with van der Waals surface area (Å²) in [5, 5.41) is 0. The maximum absolute atomic E-state index is 12.1. The van der Waals surface area contributed by atoms with Crippen LogP contribution in [0.15, 0.2) is 0 Å². The zero-order valence-electron chi connectivity index (χ0n) is 11.6. The Hall–Kier alpha value is -0.290. The molecule has 0 aliphatic heterocycles. The topological polar surface area (TPSA) is 29.3 Å². The Morgan fingerprint density at radius 1 is 1.33 bits per heavy atom. The lowest BCUT2D eigenvalue weighted by Crippen LogP contribution is -2.50. The predicted molar refractivity (Wildman–Crippen MR) is 67.3 cm³/mol. The van der Waals surface area contributed by atoms with Gasteiger partial charge in [0.05, 0.1) is 6.42 Å². The second-order valence-corrected chi connectivity index (χ2v) is 6.29. The third-order valence-electron chi connectivity index (χ3n) is 4.13.